The number of anilines is 1. The molecule has 2 nitrogen and oxygen atoms in total. The molecule has 1 atom stereocenters. The molecule has 80 valence electrons. The van der Waals surface area contributed by atoms with Gasteiger partial charge in [0, 0.05) is 23.7 Å². The Hall–Kier alpha value is -0.730. The van der Waals surface area contributed by atoms with Gasteiger partial charge in [0.15, 0.2) is 0 Å². The molecule has 0 aliphatic carbocycles. The number of hydrogen-bond acceptors (Lipinski definition) is 1. The van der Waals surface area contributed by atoms with Crippen molar-refractivity contribution in [3.8, 4) is 0 Å². The third kappa shape index (κ3) is 2.11. The van der Waals surface area contributed by atoms with Crippen molar-refractivity contribution in [1.82, 2.24) is 0 Å². The Bertz CT molecular complexity index is 406. The van der Waals surface area contributed by atoms with E-state index in [1.165, 1.54) is 0 Å². The molecule has 4 heteroatoms. The lowest BCUT2D eigenvalue weighted by Crippen LogP contribution is -2.25. The Morgan fingerprint density at radius 2 is 2.20 bits per heavy atom. The zero-order valence-corrected chi connectivity index (χ0v) is 9.85. The summed E-state index contributed by atoms with van der Waals surface area (Å²) in [5.74, 6) is 0.0837. The van der Waals surface area contributed by atoms with Crippen LogP contribution < -0.4 is 4.90 Å². The summed E-state index contributed by atoms with van der Waals surface area (Å²) in [7, 11) is 0. The average molecular weight is 244 g/mol. The lowest BCUT2D eigenvalue weighted by atomic mass is 10.2. The maximum absolute atomic E-state index is 11.6. The van der Waals surface area contributed by atoms with Gasteiger partial charge in [-0.3, -0.25) is 4.79 Å². The van der Waals surface area contributed by atoms with Crippen LogP contribution in [-0.4, -0.2) is 17.8 Å². The van der Waals surface area contributed by atoms with E-state index in [1.807, 2.05) is 19.1 Å². The van der Waals surface area contributed by atoms with Crippen LogP contribution in [0.2, 0.25) is 5.02 Å². The lowest BCUT2D eigenvalue weighted by Gasteiger charge is -2.18. The molecule has 0 saturated carbocycles. The third-order valence-corrected chi connectivity index (χ3v) is 3.05. The quantitative estimate of drug-likeness (QED) is 0.695. The van der Waals surface area contributed by atoms with Gasteiger partial charge in [0.05, 0.1) is 5.38 Å². The minimum atomic E-state index is -0.0763. The molecule has 2 rings (SSSR count). The number of alkyl halides is 1. The van der Waals surface area contributed by atoms with Gasteiger partial charge in [0.25, 0.3) is 0 Å². The number of carbonyl (C=O) groups is 1. The molecule has 0 radical (unpaired) electrons. The van der Waals surface area contributed by atoms with E-state index in [0.29, 0.717) is 18.0 Å². The van der Waals surface area contributed by atoms with E-state index in [1.54, 1.807) is 11.0 Å². The first-order valence-corrected chi connectivity index (χ1v) is 5.60. The van der Waals surface area contributed by atoms with Crippen LogP contribution in [0.1, 0.15) is 12.0 Å². The molecule has 1 aliphatic rings. The van der Waals surface area contributed by atoms with Crippen molar-refractivity contribution in [3.05, 3.63) is 28.8 Å². The number of hydrogen-bond donors (Lipinski definition) is 0. The molecular formula is C11H11Cl2NO. The van der Waals surface area contributed by atoms with Crippen molar-refractivity contribution in [2.75, 3.05) is 11.4 Å². The van der Waals surface area contributed by atoms with E-state index in [-0.39, 0.29) is 11.3 Å². The Labute approximate surface area is 98.8 Å². The van der Waals surface area contributed by atoms with Crippen molar-refractivity contribution >= 4 is 34.8 Å². The molecule has 1 unspecified atom stereocenters. The van der Waals surface area contributed by atoms with Crippen LogP contribution in [0.4, 0.5) is 5.69 Å². The van der Waals surface area contributed by atoms with Gasteiger partial charge in [0.1, 0.15) is 0 Å². The number of aryl methyl sites for hydroxylation is 1. The summed E-state index contributed by atoms with van der Waals surface area (Å²) in [6.07, 6.45) is 0.420. The van der Waals surface area contributed by atoms with Crippen LogP contribution >= 0.6 is 23.2 Å². The highest BCUT2D eigenvalue weighted by Gasteiger charge is 2.29. The maximum Gasteiger partial charge on any atom is 0.228 e. The van der Waals surface area contributed by atoms with E-state index in [9.17, 15) is 4.79 Å². The number of benzene rings is 1. The number of halogens is 2. The van der Waals surface area contributed by atoms with Crippen LogP contribution in [0.3, 0.4) is 0 Å². The van der Waals surface area contributed by atoms with Gasteiger partial charge in [-0.05, 0) is 30.7 Å². The molecule has 0 aromatic heterocycles. The summed E-state index contributed by atoms with van der Waals surface area (Å²) in [6, 6.07) is 5.51. The highest BCUT2D eigenvalue weighted by molar-refractivity contribution is 6.30. The number of nitrogens with zero attached hydrogens (tertiary/aromatic N) is 1. The molecule has 0 bridgehead atoms. The highest BCUT2D eigenvalue weighted by Crippen LogP contribution is 2.28. The Morgan fingerprint density at radius 3 is 2.73 bits per heavy atom. The van der Waals surface area contributed by atoms with Gasteiger partial charge in [0.2, 0.25) is 5.91 Å². The summed E-state index contributed by atoms with van der Waals surface area (Å²) < 4.78 is 0. The molecule has 1 aromatic rings. The SMILES string of the molecule is Cc1cc(Cl)ccc1N1CC(Cl)CC1=O. The predicted octanol–water partition coefficient (Wildman–Crippen LogP) is 2.99. The van der Waals surface area contributed by atoms with E-state index < -0.39 is 0 Å². The largest absolute Gasteiger partial charge is 0.311 e. The summed E-state index contributed by atoms with van der Waals surface area (Å²) in [5, 5.41) is 0.609. The Morgan fingerprint density at radius 1 is 1.47 bits per heavy atom. The number of carbonyl (C=O) groups excluding carboxylic acids is 1. The minimum absolute atomic E-state index is 0.0763. The van der Waals surface area contributed by atoms with E-state index in [0.717, 1.165) is 11.3 Å². The zero-order valence-electron chi connectivity index (χ0n) is 8.34. The van der Waals surface area contributed by atoms with Crippen LogP contribution in [-0.2, 0) is 4.79 Å². The van der Waals surface area contributed by atoms with Crippen LogP contribution in [0.5, 0.6) is 0 Å². The number of amides is 1. The summed E-state index contributed by atoms with van der Waals surface area (Å²) >= 11 is 11.8. The molecule has 1 saturated heterocycles. The first-order chi connectivity index (χ1) is 7.08. The molecular weight excluding hydrogens is 233 g/mol. The van der Waals surface area contributed by atoms with Crippen molar-refractivity contribution < 1.29 is 4.79 Å². The monoisotopic (exact) mass is 243 g/mol. The Kier molecular flexibility index (Phi) is 2.89. The second-order valence-electron chi connectivity index (χ2n) is 3.74. The summed E-state index contributed by atoms with van der Waals surface area (Å²) in [5.41, 5.74) is 1.91. The summed E-state index contributed by atoms with van der Waals surface area (Å²) in [4.78, 5) is 13.4. The molecule has 1 aromatic carbocycles. The smallest absolute Gasteiger partial charge is 0.228 e. The first-order valence-electron chi connectivity index (χ1n) is 4.78. The van der Waals surface area contributed by atoms with Crippen molar-refractivity contribution in [2.24, 2.45) is 0 Å². The predicted molar refractivity (Wildman–Crippen MR) is 62.8 cm³/mol. The lowest BCUT2D eigenvalue weighted by molar-refractivity contribution is -0.117. The van der Waals surface area contributed by atoms with Crippen LogP contribution in [0.15, 0.2) is 18.2 Å². The Balaban J connectivity index is 2.34. The van der Waals surface area contributed by atoms with Crippen molar-refractivity contribution in [1.29, 1.82) is 0 Å². The van der Waals surface area contributed by atoms with Gasteiger partial charge >= 0.3 is 0 Å². The molecule has 1 amide bonds. The van der Waals surface area contributed by atoms with E-state index in [4.69, 9.17) is 23.2 Å². The average Bonchev–Trinajstić information content (AvgIpc) is 2.45. The molecule has 1 fully saturated rings. The molecule has 1 aliphatic heterocycles. The molecule has 0 N–H and O–H groups in total. The molecule has 0 spiro atoms. The number of rotatable bonds is 1. The van der Waals surface area contributed by atoms with E-state index in [2.05, 4.69) is 0 Å². The second kappa shape index (κ2) is 4.03. The zero-order chi connectivity index (χ0) is 11.0. The fourth-order valence-corrected chi connectivity index (χ4v) is 2.32. The third-order valence-electron chi connectivity index (χ3n) is 2.53. The van der Waals surface area contributed by atoms with Crippen molar-refractivity contribution in [3.63, 3.8) is 0 Å². The first kappa shape index (κ1) is 10.8. The fourth-order valence-electron chi connectivity index (χ4n) is 1.82. The molecule has 1 heterocycles. The summed E-state index contributed by atoms with van der Waals surface area (Å²) in [6.45, 7) is 2.53. The standard InChI is InChI=1S/C11H11Cl2NO/c1-7-4-8(12)2-3-10(7)14-6-9(13)5-11(14)15/h2-4,9H,5-6H2,1H3. The molecule has 15 heavy (non-hydrogen) atoms. The van der Waals surface area contributed by atoms with Gasteiger partial charge < -0.3 is 4.90 Å². The van der Waals surface area contributed by atoms with Gasteiger partial charge in [-0.25, -0.2) is 0 Å². The maximum atomic E-state index is 11.6. The van der Waals surface area contributed by atoms with Gasteiger partial charge in [-0.2, -0.15) is 0 Å². The second-order valence-corrected chi connectivity index (χ2v) is 4.79. The topological polar surface area (TPSA) is 20.3 Å². The van der Waals surface area contributed by atoms with Crippen LogP contribution in [0, 0.1) is 6.92 Å². The van der Waals surface area contributed by atoms with Gasteiger partial charge in [-0.15, -0.1) is 11.6 Å². The van der Waals surface area contributed by atoms with E-state index >= 15 is 0 Å². The normalized spacial score (nSPS) is 21.1. The fraction of sp³-hybridized carbons (Fsp3) is 0.364. The van der Waals surface area contributed by atoms with Crippen molar-refractivity contribution in [2.45, 2.75) is 18.7 Å². The highest BCUT2D eigenvalue weighted by atomic mass is 35.5. The minimum Gasteiger partial charge on any atom is -0.311 e. The van der Waals surface area contributed by atoms with Crippen LogP contribution in [0.25, 0.3) is 0 Å². The van der Waals surface area contributed by atoms with Gasteiger partial charge in [-0.1, -0.05) is 11.6 Å².